The van der Waals surface area contributed by atoms with Crippen LogP contribution in [0.5, 0.6) is 0 Å². The molecule has 1 unspecified atom stereocenters. The van der Waals surface area contributed by atoms with E-state index in [4.69, 9.17) is 0 Å². The van der Waals surface area contributed by atoms with E-state index in [0.29, 0.717) is 11.5 Å². The molecule has 1 atom stereocenters. The van der Waals surface area contributed by atoms with Crippen LogP contribution in [0.25, 0.3) is 5.82 Å². The number of nitrogens with one attached hydrogen (secondary N) is 1. The summed E-state index contributed by atoms with van der Waals surface area (Å²) in [5, 5.41) is 10.9. The summed E-state index contributed by atoms with van der Waals surface area (Å²) in [6, 6.07) is 4.99. The van der Waals surface area contributed by atoms with E-state index in [1.807, 2.05) is 0 Å². The lowest BCUT2D eigenvalue weighted by molar-refractivity contribution is -0.127. The number of aryl methyl sites for hydroxylation is 2. The van der Waals surface area contributed by atoms with Crippen LogP contribution >= 0.6 is 0 Å². The quantitative estimate of drug-likeness (QED) is 0.839. The molecule has 2 aromatic heterocycles. The van der Waals surface area contributed by atoms with Gasteiger partial charge in [0.1, 0.15) is 5.82 Å². The molecule has 0 saturated heterocycles. The zero-order chi connectivity index (χ0) is 18.1. The van der Waals surface area contributed by atoms with Crippen molar-refractivity contribution in [1.82, 2.24) is 24.9 Å². The number of aromatic nitrogens is 4. The van der Waals surface area contributed by atoms with Crippen molar-refractivity contribution in [1.29, 1.82) is 0 Å². The Morgan fingerprint density at radius 3 is 2.42 bits per heavy atom. The third-order valence-corrected chi connectivity index (χ3v) is 4.96. The summed E-state index contributed by atoms with van der Waals surface area (Å²) in [7, 11) is -0.924. The Morgan fingerprint density at radius 2 is 1.88 bits per heavy atom. The fourth-order valence-corrected chi connectivity index (χ4v) is 3.07. The Bertz CT molecular complexity index is 842. The summed E-state index contributed by atoms with van der Waals surface area (Å²) in [5.74, 6) is 0.0578. The zero-order valence-electron chi connectivity index (χ0n) is 14.2. The summed E-state index contributed by atoms with van der Waals surface area (Å²) in [6.07, 6.45) is 0. The predicted molar refractivity (Wildman–Crippen MR) is 89.3 cm³/mol. The van der Waals surface area contributed by atoms with Crippen LogP contribution in [0.4, 0.5) is 5.82 Å². The molecule has 1 amide bonds. The largest absolute Gasteiger partial charge is 0.348 e. The lowest BCUT2D eigenvalue weighted by atomic mass is 10.4. The smallest absolute Gasteiger partial charge is 0.245 e. The molecule has 2 aromatic rings. The van der Waals surface area contributed by atoms with Crippen molar-refractivity contribution in [3.8, 4) is 5.82 Å². The highest BCUT2D eigenvalue weighted by atomic mass is 32.2. The fraction of sp³-hybridized carbons (Fsp3) is 0.429. The second-order valence-corrected chi connectivity index (χ2v) is 7.64. The molecule has 0 aliphatic rings. The maximum absolute atomic E-state index is 12.5. The number of hydrogen-bond donors (Lipinski definition) is 1. The minimum atomic E-state index is -3.93. The number of sulfonamides is 1. The third-order valence-electron chi connectivity index (χ3n) is 3.33. The first-order valence-corrected chi connectivity index (χ1v) is 8.76. The highest BCUT2D eigenvalue weighted by molar-refractivity contribution is 7.94. The van der Waals surface area contributed by atoms with Gasteiger partial charge in [0.15, 0.2) is 11.1 Å². The van der Waals surface area contributed by atoms with Crippen LogP contribution in [-0.2, 0) is 14.8 Å². The summed E-state index contributed by atoms with van der Waals surface area (Å²) in [4.78, 5) is 13.2. The van der Waals surface area contributed by atoms with Crippen LogP contribution in [-0.4, -0.2) is 58.5 Å². The lowest BCUT2D eigenvalue weighted by Crippen LogP contribution is -2.40. The summed E-state index contributed by atoms with van der Waals surface area (Å²) in [5.41, 5.74) is 1.33. The molecule has 2 heterocycles. The van der Waals surface area contributed by atoms with Gasteiger partial charge in [0.2, 0.25) is 15.9 Å². The number of hydrogen-bond acceptors (Lipinski definition) is 6. The van der Waals surface area contributed by atoms with Gasteiger partial charge in [-0.2, -0.15) is 14.9 Å². The van der Waals surface area contributed by atoms with Gasteiger partial charge >= 0.3 is 0 Å². The van der Waals surface area contributed by atoms with Gasteiger partial charge in [-0.3, -0.25) is 9.52 Å². The van der Waals surface area contributed by atoms with Gasteiger partial charge in [-0.25, -0.2) is 8.42 Å². The second-order valence-electron chi connectivity index (χ2n) is 5.64. The summed E-state index contributed by atoms with van der Waals surface area (Å²) in [6.45, 7) is 4.86. The highest BCUT2D eigenvalue weighted by Gasteiger charge is 2.30. The number of nitrogens with zero attached hydrogens (tertiary/aromatic N) is 5. The van der Waals surface area contributed by atoms with Crippen LogP contribution in [0.3, 0.4) is 0 Å². The van der Waals surface area contributed by atoms with Crippen molar-refractivity contribution < 1.29 is 13.2 Å². The van der Waals surface area contributed by atoms with Gasteiger partial charge in [0.05, 0.1) is 11.4 Å². The molecule has 0 aliphatic heterocycles. The standard InChI is InChI=1S/C14H20N6O3S/c1-9-6-7-12(16-15-9)20-13(8-10(2)17-20)18-24(22,23)11(3)14(21)19(4)5/h6-8,11,18H,1-5H3. The van der Waals surface area contributed by atoms with Crippen molar-refractivity contribution in [2.45, 2.75) is 26.0 Å². The molecule has 0 bridgehead atoms. The molecule has 0 fully saturated rings. The first-order valence-electron chi connectivity index (χ1n) is 7.22. The monoisotopic (exact) mass is 352 g/mol. The topological polar surface area (TPSA) is 110 Å². The number of carbonyl (C=O) groups excluding carboxylic acids is 1. The molecule has 0 saturated carbocycles. The minimum absolute atomic E-state index is 0.198. The predicted octanol–water partition coefficient (Wildman–Crippen LogP) is 0.498. The van der Waals surface area contributed by atoms with E-state index in [2.05, 4.69) is 20.0 Å². The molecular formula is C14H20N6O3S. The van der Waals surface area contributed by atoms with Crippen LogP contribution in [0.2, 0.25) is 0 Å². The van der Waals surface area contributed by atoms with E-state index in [0.717, 1.165) is 5.69 Å². The number of carbonyl (C=O) groups is 1. The maximum Gasteiger partial charge on any atom is 0.245 e. The number of anilines is 1. The second kappa shape index (κ2) is 6.56. The minimum Gasteiger partial charge on any atom is -0.348 e. The Balaban J connectivity index is 2.37. The first-order chi connectivity index (χ1) is 11.1. The molecule has 9 nitrogen and oxygen atoms in total. The molecular weight excluding hydrogens is 332 g/mol. The molecule has 10 heteroatoms. The molecule has 0 aromatic carbocycles. The van der Waals surface area contributed by atoms with Crippen molar-refractivity contribution in [2.75, 3.05) is 18.8 Å². The summed E-state index contributed by atoms with van der Waals surface area (Å²) < 4.78 is 28.7. The molecule has 2 rings (SSSR count). The zero-order valence-corrected chi connectivity index (χ0v) is 15.0. The van der Waals surface area contributed by atoms with Gasteiger partial charge < -0.3 is 4.90 Å². The van der Waals surface area contributed by atoms with Crippen molar-refractivity contribution in [2.24, 2.45) is 0 Å². The lowest BCUT2D eigenvalue weighted by Gasteiger charge is -2.18. The fourth-order valence-electron chi connectivity index (χ4n) is 1.98. The Hall–Kier alpha value is -2.49. The summed E-state index contributed by atoms with van der Waals surface area (Å²) >= 11 is 0. The van der Waals surface area contributed by atoms with Crippen LogP contribution in [0.1, 0.15) is 18.3 Å². The Labute approximate surface area is 140 Å². The Morgan fingerprint density at radius 1 is 1.21 bits per heavy atom. The van der Waals surface area contributed by atoms with E-state index in [1.54, 1.807) is 32.0 Å². The van der Waals surface area contributed by atoms with Gasteiger partial charge in [0.25, 0.3) is 0 Å². The van der Waals surface area contributed by atoms with E-state index in [1.165, 1.54) is 30.6 Å². The molecule has 0 radical (unpaired) electrons. The van der Waals surface area contributed by atoms with Crippen molar-refractivity contribution >= 4 is 21.7 Å². The van der Waals surface area contributed by atoms with E-state index in [9.17, 15) is 13.2 Å². The van der Waals surface area contributed by atoms with Crippen molar-refractivity contribution in [3.05, 3.63) is 29.6 Å². The van der Waals surface area contributed by atoms with Crippen LogP contribution in [0, 0.1) is 13.8 Å². The molecule has 0 spiro atoms. The van der Waals surface area contributed by atoms with Gasteiger partial charge in [0, 0.05) is 20.2 Å². The number of rotatable bonds is 5. The third kappa shape index (κ3) is 3.70. The van der Waals surface area contributed by atoms with Crippen LogP contribution < -0.4 is 4.72 Å². The van der Waals surface area contributed by atoms with Gasteiger partial charge in [-0.15, -0.1) is 5.10 Å². The van der Waals surface area contributed by atoms with Crippen LogP contribution in [0.15, 0.2) is 18.2 Å². The van der Waals surface area contributed by atoms with E-state index >= 15 is 0 Å². The molecule has 1 N–H and O–H groups in total. The highest BCUT2D eigenvalue weighted by Crippen LogP contribution is 2.18. The molecule has 130 valence electrons. The van der Waals surface area contributed by atoms with E-state index in [-0.39, 0.29) is 5.82 Å². The van der Waals surface area contributed by atoms with Gasteiger partial charge in [-0.1, -0.05) is 0 Å². The normalized spacial score (nSPS) is 12.7. The average molecular weight is 352 g/mol. The maximum atomic E-state index is 12.5. The average Bonchev–Trinajstić information content (AvgIpc) is 2.86. The van der Waals surface area contributed by atoms with Gasteiger partial charge in [-0.05, 0) is 32.9 Å². The first kappa shape index (κ1) is 17.9. The number of amides is 1. The van der Waals surface area contributed by atoms with E-state index < -0.39 is 21.2 Å². The van der Waals surface area contributed by atoms with Crippen molar-refractivity contribution in [3.63, 3.8) is 0 Å². The molecule has 0 aliphatic carbocycles. The Kier molecular flexibility index (Phi) is 4.88. The SMILES string of the molecule is Cc1ccc(-n2nc(C)cc2NS(=O)(=O)C(C)C(=O)N(C)C)nn1. The molecule has 24 heavy (non-hydrogen) atoms.